The van der Waals surface area contributed by atoms with Gasteiger partial charge < -0.3 is 20.3 Å². The lowest BCUT2D eigenvalue weighted by molar-refractivity contribution is 0.0549. The number of aromatic amines is 1. The minimum absolute atomic E-state index is 0.104. The number of hydrogen-bond donors (Lipinski definition) is 3. The average molecular weight is 555 g/mol. The Morgan fingerprint density at radius 3 is 2.34 bits per heavy atom. The number of aliphatic hydroxyl groups excluding tert-OH is 1. The van der Waals surface area contributed by atoms with Crippen molar-refractivity contribution in [2.45, 2.75) is 84.5 Å². The lowest BCUT2D eigenvalue weighted by Gasteiger charge is -2.35. The fraction of sp³-hybridized carbons (Fsp3) is 0.382. The summed E-state index contributed by atoms with van der Waals surface area (Å²) in [6.07, 6.45) is 4.05. The molecule has 41 heavy (non-hydrogen) atoms. The molecular formula is C34H42N4O3. The number of H-pyrrole nitrogens is 1. The van der Waals surface area contributed by atoms with E-state index >= 15 is 0 Å². The Balaban J connectivity index is 1.54. The molecule has 0 bridgehead atoms. The molecule has 0 radical (unpaired) electrons. The van der Waals surface area contributed by atoms with Crippen LogP contribution in [0.5, 0.6) is 0 Å². The molecular weight excluding hydrogens is 512 g/mol. The number of aromatic nitrogens is 2. The number of nitrogens with zero attached hydrogens (tertiary/aromatic N) is 2. The van der Waals surface area contributed by atoms with E-state index in [4.69, 9.17) is 0 Å². The van der Waals surface area contributed by atoms with Crippen molar-refractivity contribution in [1.29, 1.82) is 0 Å². The first-order valence-electron chi connectivity index (χ1n) is 14.2. The molecule has 0 saturated carbocycles. The van der Waals surface area contributed by atoms with Crippen molar-refractivity contribution in [2.24, 2.45) is 0 Å². The standard InChI is InChI=1S/C34H42N4O3/c1-33(2,3)37-31(40)30-24(16-15-23-11-7-9-13-27(23)30)17-18-26(39)21-25-12-8-10-14-28(25)32(41)38(34(4,5)6)22-29-35-19-20-36-29/h7-16,19-20,26,39H,17-18,21-22H2,1-6H3,(H,35,36)(H,37,40). The highest BCUT2D eigenvalue weighted by atomic mass is 16.3. The summed E-state index contributed by atoms with van der Waals surface area (Å²) in [6.45, 7) is 12.3. The average Bonchev–Trinajstić information content (AvgIpc) is 3.42. The van der Waals surface area contributed by atoms with Crippen LogP contribution in [0.2, 0.25) is 0 Å². The number of imidazole rings is 1. The molecule has 0 fully saturated rings. The molecule has 0 aliphatic rings. The molecule has 0 spiro atoms. The summed E-state index contributed by atoms with van der Waals surface area (Å²) in [5.74, 6) is 0.494. The number of rotatable bonds is 9. The van der Waals surface area contributed by atoms with E-state index in [1.54, 1.807) is 17.3 Å². The van der Waals surface area contributed by atoms with Gasteiger partial charge in [0.2, 0.25) is 0 Å². The lowest BCUT2D eigenvalue weighted by atomic mass is 9.92. The minimum atomic E-state index is -0.692. The zero-order chi connectivity index (χ0) is 29.8. The first-order valence-corrected chi connectivity index (χ1v) is 14.2. The van der Waals surface area contributed by atoms with Gasteiger partial charge in [-0.15, -0.1) is 0 Å². The van der Waals surface area contributed by atoms with Crippen LogP contribution < -0.4 is 5.32 Å². The fourth-order valence-corrected chi connectivity index (χ4v) is 5.07. The summed E-state index contributed by atoms with van der Waals surface area (Å²) in [4.78, 5) is 36.4. The van der Waals surface area contributed by atoms with Crippen molar-refractivity contribution in [1.82, 2.24) is 20.2 Å². The number of carbonyl (C=O) groups excluding carboxylic acids is 2. The second-order valence-electron chi connectivity index (χ2n) is 12.7. The predicted molar refractivity (Wildman–Crippen MR) is 164 cm³/mol. The van der Waals surface area contributed by atoms with Gasteiger partial charge in [-0.1, -0.05) is 54.6 Å². The van der Waals surface area contributed by atoms with Crippen LogP contribution in [0.1, 0.15) is 85.6 Å². The number of amides is 2. The third-order valence-corrected chi connectivity index (χ3v) is 7.10. The molecule has 1 heterocycles. The van der Waals surface area contributed by atoms with Gasteiger partial charge in [0.05, 0.1) is 18.2 Å². The first kappa shape index (κ1) is 30.0. The number of benzene rings is 3. The van der Waals surface area contributed by atoms with Crippen molar-refractivity contribution in [2.75, 3.05) is 0 Å². The van der Waals surface area contributed by atoms with Gasteiger partial charge in [0, 0.05) is 29.0 Å². The van der Waals surface area contributed by atoms with Gasteiger partial charge in [0.25, 0.3) is 11.8 Å². The van der Waals surface area contributed by atoms with Crippen LogP contribution in [-0.2, 0) is 19.4 Å². The summed E-state index contributed by atoms with van der Waals surface area (Å²) < 4.78 is 0. The number of carbonyl (C=O) groups is 2. The maximum Gasteiger partial charge on any atom is 0.254 e. The molecule has 1 aromatic heterocycles. The van der Waals surface area contributed by atoms with E-state index in [2.05, 4.69) is 15.3 Å². The van der Waals surface area contributed by atoms with Crippen molar-refractivity contribution < 1.29 is 14.7 Å². The summed E-state index contributed by atoms with van der Waals surface area (Å²) in [5.41, 5.74) is 2.10. The number of hydrogen-bond acceptors (Lipinski definition) is 4. The van der Waals surface area contributed by atoms with Gasteiger partial charge in [0.1, 0.15) is 5.82 Å². The van der Waals surface area contributed by atoms with Crippen LogP contribution in [0.3, 0.4) is 0 Å². The largest absolute Gasteiger partial charge is 0.393 e. The van der Waals surface area contributed by atoms with E-state index in [9.17, 15) is 14.7 Å². The third kappa shape index (κ3) is 7.61. The molecule has 1 atom stereocenters. The van der Waals surface area contributed by atoms with Crippen LogP contribution >= 0.6 is 0 Å². The van der Waals surface area contributed by atoms with Gasteiger partial charge in [-0.25, -0.2) is 4.98 Å². The van der Waals surface area contributed by atoms with Crippen LogP contribution in [0, 0.1) is 0 Å². The third-order valence-electron chi connectivity index (χ3n) is 7.10. The minimum Gasteiger partial charge on any atom is -0.393 e. The number of aryl methyl sites for hydroxylation is 1. The van der Waals surface area contributed by atoms with E-state index in [1.807, 2.05) is 102 Å². The number of aliphatic hydroxyl groups is 1. The Morgan fingerprint density at radius 1 is 0.951 bits per heavy atom. The summed E-state index contributed by atoms with van der Waals surface area (Å²) in [6, 6.07) is 19.4. The summed E-state index contributed by atoms with van der Waals surface area (Å²) in [5, 5.41) is 16.2. The maximum absolute atomic E-state index is 13.8. The molecule has 4 aromatic rings. The van der Waals surface area contributed by atoms with Crippen LogP contribution in [0.15, 0.2) is 73.1 Å². The molecule has 216 valence electrons. The molecule has 0 aliphatic carbocycles. The van der Waals surface area contributed by atoms with Crippen molar-refractivity contribution in [3.05, 3.63) is 101 Å². The van der Waals surface area contributed by atoms with E-state index in [0.717, 1.165) is 21.9 Å². The van der Waals surface area contributed by atoms with Crippen molar-refractivity contribution in [3.63, 3.8) is 0 Å². The van der Waals surface area contributed by atoms with Gasteiger partial charge in [-0.05, 0) is 88.8 Å². The molecule has 0 aliphatic heterocycles. The topological polar surface area (TPSA) is 98.3 Å². The van der Waals surface area contributed by atoms with Crippen LogP contribution in [0.25, 0.3) is 10.8 Å². The molecule has 0 saturated heterocycles. The SMILES string of the molecule is CC(C)(C)NC(=O)c1c(CCC(O)Cc2ccccc2C(=O)N(Cc2ncc[nH]2)C(C)(C)C)ccc2ccccc12. The van der Waals surface area contributed by atoms with E-state index in [1.165, 1.54) is 0 Å². The van der Waals surface area contributed by atoms with Crippen LogP contribution in [-0.4, -0.2) is 49.0 Å². The van der Waals surface area contributed by atoms with Crippen LogP contribution in [0.4, 0.5) is 0 Å². The Morgan fingerprint density at radius 2 is 1.66 bits per heavy atom. The number of nitrogens with one attached hydrogen (secondary N) is 2. The normalized spacial score (nSPS) is 12.8. The Bertz CT molecular complexity index is 1500. The highest BCUT2D eigenvalue weighted by molar-refractivity contribution is 6.08. The zero-order valence-corrected chi connectivity index (χ0v) is 25.0. The van der Waals surface area contributed by atoms with E-state index in [-0.39, 0.29) is 17.4 Å². The van der Waals surface area contributed by atoms with Crippen molar-refractivity contribution >= 4 is 22.6 Å². The molecule has 2 amide bonds. The van der Waals surface area contributed by atoms with Gasteiger partial charge in [-0.2, -0.15) is 0 Å². The second kappa shape index (κ2) is 12.3. The molecule has 1 unspecified atom stereocenters. The van der Waals surface area contributed by atoms with Gasteiger partial charge >= 0.3 is 0 Å². The predicted octanol–water partition coefficient (Wildman–Crippen LogP) is 6.07. The summed E-state index contributed by atoms with van der Waals surface area (Å²) >= 11 is 0. The Kier molecular flexibility index (Phi) is 8.98. The Hall–Kier alpha value is -3.97. The summed E-state index contributed by atoms with van der Waals surface area (Å²) in [7, 11) is 0. The molecule has 7 heteroatoms. The molecule has 3 aromatic carbocycles. The van der Waals surface area contributed by atoms with Gasteiger partial charge in [-0.3, -0.25) is 9.59 Å². The zero-order valence-electron chi connectivity index (χ0n) is 25.0. The fourth-order valence-electron chi connectivity index (χ4n) is 5.07. The first-order chi connectivity index (χ1) is 19.3. The second-order valence-corrected chi connectivity index (χ2v) is 12.7. The van der Waals surface area contributed by atoms with E-state index in [0.29, 0.717) is 42.8 Å². The quantitative estimate of drug-likeness (QED) is 0.234. The molecule has 4 rings (SSSR count). The lowest BCUT2D eigenvalue weighted by Crippen LogP contribution is -2.45. The molecule has 3 N–H and O–H groups in total. The van der Waals surface area contributed by atoms with E-state index < -0.39 is 11.6 Å². The maximum atomic E-state index is 13.8. The Labute approximate surface area is 243 Å². The highest BCUT2D eigenvalue weighted by Crippen LogP contribution is 2.26. The monoisotopic (exact) mass is 554 g/mol. The molecule has 7 nitrogen and oxygen atoms in total. The van der Waals surface area contributed by atoms with Gasteiger partial charge in [0.15, 0.2) is 0 Å². The number of fused-ring (bicyclic) bond motifs is 1. The smallest absolute Gasteiger partial charge is 0.254 e. The van der Waals surface area contributed by atoms with Crippen molar-refractivity contribution in [3.8, 4) is 0 Å². The highest BCUT2D eigenvalue weighted by Gasteiger charge is 2.30.